The second kappa shape index (κ2) is 23.8. The van der Waals surface area contributed by atoms with Crippen molar-refractivity contribution in [2.45, 2.75) is 167 Å². The van der Waals surface area contributed by atoms with Gasteiger partial charge in [0.2, 0.25) is 5.95 Å². The summed E-state index contributed by atoms with van der Waals surface area (Å²) in [5.74, 6) is 1.51. The van der Waals surface area contributed by atoms with Crippen LogP contribution in [0.4, 0.5) is 46.0 Å². The summed E-state index contributed by atoms with van der Waals surface area (Å²) in [6.07, 6.45) is 18.7. The lowest BCUT2D eigenvalue weighted by molar-refractivity contribution is 0.443. The van der Waals surface area contributed by atoms with E-state index in [0.29, 0.717) is 57.6 Å². The Balaban J connectivity index is 1.09. The van der Waals surface area contributed by atoms with E-state index in [2.05, 4.69) is 72.4 Å². The summed E-state index contributed by atoms with van der Waals surface area (Å²) in [5, 5.41) is 49.8. The molecular formula is C57H74N18. The fraction of sp³-hybridized carbons (Fsp3) is 0.474. The van der Waals surface area contributed by atoms with Crippen molar-refractivity contribution >= 4 is 51.7 Å². The topological polar surface area (TPSA) is 262 Å². The van der Waals surface area contributed by atoms with Gasteiger partial charge in [-0.15, -0.1) is 15.3 Å². The van der Waals surface area contributed by atoms with Gasteiger partial charge in [0, 0.05) is 0 Å². The van der Waals surface area contributed by atoms with Crippen molar-refractivity contribution < 1.29 is 0 Å². The molecule has 9 rings (SSSR count). The van der Waals surface area contributed by atoms with Gasteiger partial charge >= 0.3 is 0 Å². The van der Waals surface area contributed by atoms with E-state index in [1.54, 1.807) is 0 Å². The molecule has 0 spiro atoms. The number of nitrogens with zero attached hydrogens (tertiary/aromatic N) is 13. The molecule has 0 aliphatic heterocycles. The average Bonchev–Trinajstić information content (AvgIpc) is 3.96. The molecule has 18 nitrogen and oxygen atoms in total. The summed E-state index contributed by atoms with van der Waals surface area (Å²) >= 11 is 0. The zero-order valence-electron chi connectivity index (χ0n) is 44.5. The van der Waals surface area contributed by atoms with Gasteiger partial charge in [-0.2, -0.15) is 49.9 Å². The second-order valence-electron chi connectivity index (χ2n) is 21.5. The molecule has 0 saturated heterocycles. The molecule has 392 valence electrons. The average molecular weight is 1010 g/mol. The van der Waals surface area contributed by atoms with Crippen molar-refractivity contribution in [1.29, 1.82) is 5.41 Å². The maximum atomic E-state index is 9.11. The molecule has 8 N–H and O–H groups in total. The Bertz CT molecular complexity index is 2880. The molecule has 3 aromatic heterocycles. The molecule has 3 fully saturated rings. The number of rotatable bonds is 17. The van der Waals surface area contributed by atoms with Gasteiger partial charge < -0.3 is 27.9 Å². The fourth-order valence-electron chi connectivity index (χ4n) is 10.5. The summed E-state index contributed by atoms with van der Waals surface area (Å²) in [4.78, 5) is 14.5. The lowest BCUT2D eigenvalue weighted by Gasteiger charge is -2.21. The minimum Gasteiger partial charge on any atom is -0.383 e. The third-order valence-corrected chi connectivity index (χ3v) is 15.0. The van der Waals surface area contributed by atoms with Crippen molar-refractivity contribution in [2.24, 2.45) is 42.3 Å². The normalized spacial score (nSPS) is 16.9. The number of benzene rings is 3. The molecule has 0 radical (unpaired) electrons. The SMILES string of the molecule is CC(C)C(=N)/C(N=Nc1ccc(C2CCCCC2)cc1)=C(/N)Nc1nc(-n2nc(C(C)C)c(N=Nc3ccc(C4CCCCC4)cc3)c2N)nc(-n2nc(C(C)C)c(N=Nc3ccc(C4CCCCC4)cc3)c2N)n1. The third kappa shape index (κ3) is 12.4. The lowest BCUT2D eigenvalue weighted by atomic mass is 9.84. The highest BCUT2D eigenvalue weighted by Gasteiger charge is 2.27. The smallest absolute Gasteiger partial charge is 0.259 e. The molecule has 0 bridgehead atoms. The Morgan fingerprint density at radius 3 is 1.23 bits per heavy atom. The first-order valence-corrected chi connectivity index (χ1v) is 27.3. The maximum absolute atomic E-state index is 9.11. The van der Waals surface area contributed by atoms with Gasteiger partial charge in [-0.3, -0.25) is 0 Å². The summed E-state index contributed by atoms with van der Waals surface area (Å²) in [6, 6.07) is 24.8. The predicted molar refractivity (Wildman–Crippen MR) is 298 cm³/mol. The van der Waals surface area contributed by atoms with Crippen LogP contribution < -0.4 is 22.5 Å². The maximum Gasteiger partial charge on any atom is 0.259 e. The fourth-order valence-corrected chi connectivity index (χ4v) is 10.5. The van der Waals surface area contributed by atoms with Crippen molar-refractivity contribution in [2.75, 3.05) is 16.8 Å². The Morgan fingerprint density at radius 2 is 0.880 bits per heavy atom. The number of anilines is 3. The molecule has 3 aromatic carbocycles. The minimum atomic E-state index is -0.251. The van der Waals surface area contributed by atoms with Crippen LogP contribution in [0.1, 0.15) is 196 Å². The molecule has 0 atom stereocenters. The van der Waals surface area contributed by atoms with E-state index >= 15 is 0 Å². The van der Waals surface area contributed by atoms with Crippen LogP contribution in [0.2, 0.25) is 0 Å². The van der Waals surface area contributed by atoms with Crippen LogP contribution in [-0.4, -0.2) is 40.2 Å². The van der Waals surface area contributed by atoms with E-state index in [1.807, 2.05) is 77.9 Å². The van der Waals surface area contributed by atoms with Gasteiger partial charge in [0.1, 0.15) is 11.5 Å². The first-order chi connectivity index (χ1) is 36.3. The Morgan fingerprint density at radius 1 is 0.520 bits per heavy atom. The van der Waals surface area contributed by atoms with Crippen LogP contribution in [0.15, 0.2) is 115 Å². The number of nitrogens with two attached hydrogens (primary N) is 3. The number of nitrogen functional groups attached to an aromatic ring is 2. The lowest BCUT2D eigenvalue weighted by Crippen LogP contribution is -2.22. The van der Waals surface area contributed by atoms with Gasteiger partial charge in [0.05, 0.1) is 34.2 Å². The summed E-state index contributed by atoms with van der Waals surface area (Å²) in [7, 11) is 0. The number of aromatic nitrogens is 7. The second-order valence-corrected chi connectivity index (χ2v) is 21.5. The highest BCUT2D eigenvalue weighted by Crippen LogP contribution is 2.40. The number of nitrogens with one attached hydrogen (secondary N) is 2. The van der Waals surface area contributed by atoms with Crippen LogP contribution in [0.3, 0.4) is 0 Å². The van der Waals surface area contributed by atoms with Crippen LogP contribution in [-0.2, 0) is 0 Å². The van der Waals surface area contributed by atoms with E-state index in [4.69, 9.17) is 47.8 Å². The van der Waals surface area contributed by atoms with Gasteiger partial charge in [0.25, 0.3) is 11.9 Å². The molecule has 3 aliphatic carbocycles. The van der Waals surface area contributed by atoms with E-state index < -0.39 is 0 Å². The summed E-state index contributed by atoms with van der Waals surface area (Å²) in [6.45, 7) is 11.8. The first kappa shape index (κ1) is 52.4. The molecule has 3 heterocycles. The van der Waals surface area contributed by atoms with Crippen molar-refractivity contribution in [3.05, 3.63) is 112 Å². The Kier molecular flexibility index (Phi) is 16.6. The molecule has 0 amide bonds. The standard InChI is InChI=1S/C57H74N18/c1-34(2)46(58)49(69-66-43-28-22-40(23-29-43)37-16-10-7-11-17-37)52(59)62-55-63-56(74-53(60)50(47(72-74)35(3)4)70-67-44-30-24-41(25-31-44)38-18-12-8-13-19-38)65-57(64-55)75-54(61)51(48(73-75)36(5)6)71-68-45-32-26-42(27-33-45)39-20-14-9-15-21-39/h22-39,58H,7-21,59-61H2,1-6H3,(H,62,63,64,65)/b52-49+,58-46?,69-66?,70-67?,71-68?. The monoisotopic (exact) mass is 1010 g/mol. The first-order valence-electron chi connectivity index (χ1n) is 27.3. The Labute approximate surface area is 440 Å². The quantitative estimate of drug-likeness (QED) is 0.0429. The number of hydrogen-bond acceptors (Lipinski definition) is 16. The molecule has 3 aliphatic rings. The molecule has 18 heteroatoms. The molecule has 6 aromatic rings. The zero-order chi connectivity index (χ0) is 52.6. The largest absolute Gasteiger partial charge is 0.383 e. The summed E-state index contributed by atoms with van der Waals surface area (Å²) < 4.78 is 2.81. The minimum absolute atomic E-state index is 0.00961. The molecular weight excluding hydrogens is 937 g/mol. The van der Waals surface area contributed by atoms with E-state index in [-0.39, 0.29) is 64.5 Å². The molecule has 0 unspecified atom stereocenters. The highest BCUT2D eigenvalue weighted by molar-refractivity contribution is 5.99. The molecule has 75 heavy (non-hydrogen) atoms. The van der Waals surface area contributed by atoms with E-state index in [0.717, 1.165) is 0 Å². The van der Waals surface area contributed by atoms with Crippen molar-refractivity contribution in [3.8, 4) is 11.9 Å². The van der Waals surface area contributed by atoms with Gasteiger partial charge in [0.15, 0.2) is 23.0 Å². The van der Waals surface area contributed by atoms with E-state index in [9.17, 15) is 0 Å². The van der Waals surface area contributed by atoms with Crippen LogP contribution in [0.5, 0.6) is 0 Å². The number of allylic oxidation sites excluding steroid dienone is 1. The van der Waals surface area contributed by atoms with Crippen LogP contribution in [0.25, 0.3) is 11.9 Å². The van der Waals surface area contributed by atoms with Gasteiger partial charge in [-0.05, 0) is 127 Å². The van der Waals surface area contributed by atoms with Crippen LogP contribution >= 0.6 is 0 Å². The highest BCUT2D eigenvalue weighted by atomic mass is 15.5. The number of hydrogen-bond donors (Lipinski definition) is 5. The van der Waals surface area contributed by atoms with Crippen LogP contribution in [0, 0.1) is 11.3 Å². The van der Waals surface area contributed by atoms with Crippen molar-refractivity contribution in [1.82, 2.24) is 34.5 Å². The zero-order valence-corrected chi connectivity index (χ0v) is 44.5. The van der Waals surface area contributed by atoms with Gasteiger partial charge in [-0.25, -0.2) is 0 Å². The predicted octanol–water partition coefficient (Wildman–Crippen LogP) is 15.6. The summed E-state index contributed by atoms with van der Waals surface area (Å²) in [5.41, 5.74) is 29.0. The molecule has 3 saturated carbocycles. The third-order valence-electron chi connectivity index (χ3n) is 15.0. The van der Waals surface area contributed by atoms with Crippen molar-refractivity contribution in [3.63, 3.8) is 0 Å². The van der Waals surface area contributed by atoms with E-state index in [1.165, 1.54) is 122 Å². The Hall–Kier alpha value is -7.50. The number of azo groups is 3. The van der Waals surface area contributed by atoms with Gasteiger partial charge in [-0.1, -0.05) is 136 Å².